The Morgan fingerprint density at radius 3 is 2.94 bits per heavy atom. The van der Waals surface area contributed by atoms with Crippen molar-refractivity contribution >= 4 is 0 Å². The summed E-state index contributed by atoms with van der Waals surface area (Å²) in [6, 6.07) is 8.88. The van der Waals surface area contributed by atoms with Crippen molar-refractivity contribution in [3.05, 3.63) is 47.3 Å². The molecule has 1 atom stereocenters. The number of hydrogen-bond acceptors (Lipinski definition) is 4. The monoisotopic (exact) mass is 243 g/mol. The number of aromatic nitrogens is 2. The Labute approximate surface area is 105 Å². The molecule has 0 amide bonds. The van der Waals surface area contributed by atoms with E-state index in [0.29, 0.717) is 22.6 Å². The summed E-state index contributed by atoms with van der Waals surface area (Å²) >= 11 is 0. The quantitative estimate of drug-likeness (QED) is 0.884. The Morgan fingerprint density at radius 2 is 2.28 bits per heavy atom. The van der Waals surface area contributed by atoms with Crippen LogP contribution < -0.4 is 4.74 Å². The predicted octanol–water partition coefficient (Wildman–Crippen LogP) is 1.38. The molecule has 92 valence electrons. The number of methoxy groups -OCH3 is 1. The molecule has 1 unspecified atom stereocenters. The summed E-state index contributed by atoms with van der Waals surface area (Å²) in [5.41, 5.74) is 1.70. The number of nitrogens with zero attached hydrogens (tertiary/aromatic N) is 3. The zero-order chi connectivity index (χ0) is 13.1. The van der Waals surface area contributed by atoms with E-state index in [-0.39, 0.29) is 0 Å². The minimum absolute atomic E-state index is 0.507. The molecule has 0 radical (unpaired) electrons. The van der Waals surface area contributed by atoms with Gasteiger partial charge in [0.25, 0.3) is 0 Å². The fourth-order valence-electron chi connectivity index (χ4n) is 1.83. The largest absolute Gasteiger partial charge is 0.493 e. The lowest BCUT2D eigenvalue weighted by atomic mass is 10.0. The first-order valence-corrected chi connectivity index (χ1v) is 5.41. The summed E-state index contributed by atoms with van der Waals surface area (Å²) in [5, 5.41) is 23.2. The molecule has 2 aromatic rings. The lowest BCUT2D eigenvalue weighted by Crippen LogP contribution is -2.08. The highest BCUT2D eigenvalue weighted by Gasteiger charge is 2.20. The van der Waals surface area contributed by atoms with E-state index in [1.807, 2.05) is 6.07 Å². The molecule has 1 aromatic heterocycles. The van der Waals surface area contributed by atoms with Gasteiger partial charge < -0.3 is 9.84 Å². The molecule has 1 heterocycles. The lowest BCUT2D eigenvalue weighted by Gasteiger charge is -2.13. The first kappa shape index (κ1) is 12.1. The van der Waals surface area contributed by atoms with Gasteiger partial charge in [-0.25, -0.2) is 0 Å². The van der Waals surface area contributed by atoms with Gasteiger partial charge in [0.2, 0.25) is 0 Å². The molecule has 0 aliphatic heterocycles. The number of ether oxygens (including phenoxy) is 1. The van der Waals surface area contributed by atoms with Crippen LogP contribution in [0.2, 0.25) is 0 Å². The zero-order valence-corrected chi connectivity index (χ0v) is 10.2. The van der Waals surface area contributed by atoms with Crippen molar-refractivity contribution < 1.29 is 9.84 Å². The van der Waals surface area contributed by atoms with Crippen LogP contribution in [-0.2, 0) is 7.05 Å². The second-order valence-corrected chi connectivity index (χ2v) is 3.86. The Hall–Kier alpha value is -2.32. The summed E-state index contributed by atoms with van der Waals surface area (Å²) in [5.74, 6) is 0.521. The molecule has 0 fully saturated rings. The summed E-state index contributed by atoms with van der Waals surface area (Å²) < 4.78 is 6.72. The Morgan fingerprint density at radius 1 is 1.50 bits per heavy atom. The third-order valence-electron chi connectivity index (χ3n) is 2.76. The fourth-order valence-corrected chi connectivity index (χ4v) is 1.83. The molecule has 0 bridgehead atoms. The second kappa shape index (κ2) is 4.90. The van der Waals surface area contributed by atoms with Gasteiger partial charge in [-0.1, -0.05) is 12.1 Å². The molecule has 5 nitrogen and oxygen atoms in total. The van der Waals surface area contributed by atoms with Gasteiger partial charge in [-0.3, -0.25) is 4.68 Å². The van der Waals surface area contributed by atoms with Crippen molar-refractivity contribution in [1.82, 2.24) is 9.78 Å². The topological polar surface area (TPSA) is 71.1 Å². The molecule has 1 aromatic carbocycles. The van der Waals surface area contributed by atoms with Crippen LogP contribution in [0, 0.1) is 11.3 Å². The van der Waals surface area contributed by atoms with Crippen molar-refractivity contribution in [2.45, 2.75) is 6.10 Å². The van der Waals surface area contributed by atoms with Crippen LogP contribution in [-0.4, -0.2) is 22.0 Å². The standard InChI is InChI=1S/C13H13N3O2/c1-16-12(11(18-2)8-15-16)13(17)10-5-3-4-9(6-10)7-14/h3-6,8,13,17H,1-2H3. The first-order chi connectivity index (χ1) is 8.67. The SMILES string of the molecule is COc1cnn(C)c1C(O)c1cccc(C#N)c1. The van der Waals surface area contributed by atoms with Gasteiger partial charge in [-0.05, 0) is 17.7 Å². The maximum atomic E-state index is 10.3. The van der Waals surface area contributed by atoms with Gasteiger partial charge in [-0.15, -0.1) is 0 Å². The molecule has 0 saturated heterocycles. The normalized spacial score (nSPS) is 11.9. The highest BCUT2D eigenvalue weighted by molar-refractivity contribution is 5.39. The van der Waals surface area contributed by atoms with Crippen molar-refractivity contribution in [2.75, 3.05) is 7.11 Å². The second-order valence-electron chi connectivity index (χ2n) is 3.86. The molecule has 1 N–H and O–H groups in total. The number of benzene rings is 1. The van der Waals surface area contributed by atoms with Crippen LogP contribution in [0.5, 0.6) is 5.75 Å². The lowest BCUT2D eigenvalue weighted by molar-refractivity contribution is 0.204. The van der Waals surface area contributed by atoms with E-state index in [1.54, 1.807) is 42.2 Å². The Balaban J connectivity index is 2.44. The smallest absolute Gasteiger partial charge is 0.162 e. The van der Waals surface area contributed by atoms with Crippen LogP contribution in [0.25, 0.3) is 0 Å². The average molecular weight is 243 g/mol. The summed E-state index contributed by atoms with van der Waals surface area (Å²) in [4.78, 5) is 0. The van der Waals surface area contributed by atoms with Crippen LogP contribution in [0.4, 0.5) is 0 Å². The molecule has 2 rings (SSSR count). The van der Waals surface area contributed by atoms with E-state index >= 15 is 0 Å². The van der Waals surface area contributed by atoms with E-state index < -0.39 is 6.10 Å². The van der Waals surface area contributed by atoms with Gasteiger partial charge >= 0.3 is 0 Å². The highest BCUT2D eigenvalue weighted by Crippen LogP contribution is 2.29. The maximum absolute atomic E-state index is 10.3. The predicted molar refractivity (Wildman–Crippen MR) is 65.0 cm³/mol. The van der Waals surface area contributed by atoms with Gasteiger partial charge in [-0.2, -0.15) is 10.4 Å². The molecular weight excluding hydrogens is 230 g/mol. The summed E-state index contributed by atoms with van der Waals surface area (Å²) in [6.07, 6.45) is 0.674. The Bertz CT molecular complexity index is 599. The van der Waals surface area contributed by atoms with Gasteiger partial charge in [0.1, 0.15) is 11.8 Å². The highest BCUT2D eigenvalue weighted by atomic mass is 16.5. The van der Waals surface area contributed by atoms with Crippen molar-refractivity contribution in [2.24, 2.45) is 7.05 Å². The fraction of sp³-hybridized carbons (Fsp3) is 0.231. The van der Waals surface area contributed by atoms with E-state index in [1.165, 1.54) is 7.11 Å². The van der Waals surface area contributed by atoms with E-state index in [2.05, 4.69) is 5.10 Å². The summed E-state index contributed by atoms with van der Waals surface area (Å²) in [7, 11) is 3.26. The van der Waals surface area contributed by atoms with E-state index in [0.717, 1.165) is 0 Å². The zero-order valence-electron chi connectivity index (χ0n) is 10.2. The molecule has 0 aliphatic carbocycles. The first-order valence-electron chi connectivity index (χ1n) is 5.41. The molecule has 0 aliphatic rings. The van der Waals surface area contributed by atoms with Crippen LogP contribution in [0.3, 0.4) is 0 Å². The molecule has 5 heteroatoms. The van der Waals surface area contributed by atoms with Crippen LogP contribution in [0.15, 0.2) is 30.5 Å². The summed E-state index contributed by atoms with van der Waals surface area (Å²) in [6.45, 7) is 0. The van der Waals surface area contributed by atoms with Crippen molar-refractivity contribution in [3.63, 3.8) is 0 Å². The number of nitriles is 1. The minimum Gasteiger partial charge on any atom is -0.493 e. The molecular formula is C13H13N3O2. The average Bonchev–Trinajstić information content (AvgIpc) is 2.79. The number of aryl methyl sites for hydroxylation is 1. The molecule has 0 saturated carbocycles. The van der Waals surface area contributed by atoms with Crippen molar-refractivity contribution in [1.29, 1.82) is 5.26 Å². The van der Waals surface area contributed by atoms with E-state index in [9.17, 15) is 5.11 Å². The van der Waals surface area contributed by atoms with Gasteiger partial charge in [0.15, 0.2) is 5.75 Å². The number of rotatable bonds is 3. The van der Waals surface area contributed by atoms with Crippen LogP contribution in [0.1, 0.15) is 22.9 Å². The number of hydrogen-bond donors (Lipinski definition) is 1. The van der Waals surface area contributed by atoms with Crippen molar-refractivity contribution in [3.8, 4) is 11.8 Å². The minimum atomic E-state index is -0.874. The molecule has 0 spiro atoms. The van der Waals surface area contributed by atoms with Gasteiger partial charge in [0, 0.05) is 7.05 Å². The molecule has 18 heavy (non-hydrogen) atoms. The van der Waals surface area contributed by atoms with Gasteiger partial charge in [0.05, 0.1) is 24.9 Å². The van der Waals surface area contributed by atoms with E-state index in [4.69, 9.17) is 10.00 Å². The third kappa shape index (κ3) is 2.06. The maximum Gasteiger partial charge on any atom is 0.162 e. The number of aliphatic hydroxyl groups is 1. The van der Waals surface area contributed by atoms with Crippen LogP contribution >= 0.6 is 0 Å². The third-order valence-corrected chi connectivity index (χ3v) is 2.76. The number of aliphatic hydroxyl groups excluding tert-OH is 1. The Kier molecular flexibility index (Phi) is 3.31.